The maximum atomic E-state index is 12.2. The molecule has 9 heteroatoms. The molecule has 0 aromatic carbocycles. The molecule has 3 aliphatic heterocycles. The number of amides is 2. The molecule has 128 valence electrons. The molecule has 6 nitrogen and oxygen atoms in total. The van der Waals surface area contributed by atoms with E-state index in [1.165, 1.54) is 6.08 Å². The second-order valence-corrected chi connectivity index (χ2v) is 5.94. The van der Waals surface area contributed by atoms with Crippen LogP contribution in [0.3, 0.4) is 0 Å². The van der Waals surface area contributed by atoms with E-state index in [1.807, 2.05) is 0 Å². The molecule has 0 saturated heterocycles. The maximum Gasteiger partial charge on any atom is 0.405 e. The number of carbonyl (C=O) groups excluding carboxylic acids is 2. The number of aliphatic imine (C=N–C) groups is 1. The normalized spacial score (nSPS) is 25.3. The van der Waals surface area contributed by atoms with Crippen LogP contribution in [0.2, 0.25) is 0 Å². The molecule has 2 bridgehead atoms. The Morgan fingerprint density at radius 2 is 2.12 bits per heavy atom. The minimum absolute atomic E-state index is 0.107. The van der Waals surface area contributed by atoms with Gasteiger partial charge in [-0.3, -0.25) is 9.59 Å². The third-order valence-corrected chi connectivity index (χ3v) is 4.27. The lowest BCUT2D eigenvalue weighted by Gasteiger charge is -2.31. The van der Waals surface area contributed by atoms with Gasteiger partial charge in [0.1, 0.15) is 18.1 Å². The second kappa shape index (κ2) is 5.50. The van der Waals surface area contributed by atoms with E-state index in [0.29, 0.717) is 18.7 Å². The molecule has 0 spiro atoms. The summed E-state index contributed by atoms with van der Waals surface area (Å²) in [5, 5.41) is 1.79. The molecule has 0 radical (unpaired) electrons. The molecule has 0 saturated carbocycles. The zero-order valence-electron chi connectivity index (χ0n) is 12.6. The summed E-state index contributed by atoms with van der Waals surface area (Å²) in [6.07, 6.45) is 2.97. The SMILES string of the molecule is NC(=O)C12C=CC(=C3N=C(C(=O)NCC(F)(F)F)C=CN3C1)CC2. The molecule has 0 aromatic rings. The zero-order valence-corrected chi connectivity index (χ0v) is 12.6. The first-order valence-corrected chi connectivity index (χ1v) is 7.31. The van der Waals surface area contributed by atoms with Crippen LogP contribution in [0.4, 0.5) is 13.2 Å². The number of halogens is 3. The lowest BCUT2D eigenvalue weighted by molar-refractivity contribution is -0.134. The average molecular weight is 340 g/mol. The van der Waals surface area contributed by atoms with Crippen molar-refractivity contribution in [1.29, 1.82) is 0 Å². The van der Waals surface area contributed by atoms with Crippen molar-refractivity contribution in [3.05, 3.63) is 35.8 Å². The molecule has 3 heterocycles. The number of carbonyl (C=O) groups is 2. The molecule has 1 aliphatic carbocycles. The molecule has 0 fully saturated rings. The van der Waals surface area contributed by atoms with Crippen LogP contribution in [0, 0.1) is 5.41 Å². The second-order valence-electron chi connectivity index (χ2n) is 5.94. The molecule has 4 aliphatic rings. The van der Waals surface area contributed by atoms with Gasteiger partial charge in [-0.2, -0.15) is 13.2 Å². The van der Waals surface area contributed by atoms with Gasteiger partial charge in [-0.1, -0.05) is 12.2 Å². The number of nitrogens with two attached hydrogens (primary N) is 1. The van der Waals surface area contributed by atoms with Crippen LogP contribution in [0.5, 0.6) is 0 Å². The number of alkyl halides is 3. The summed E-state index contributed by atoms with van der Waals surface area (Å²) in [5.41, 5.74) is 5.42. The van der Waals surface area contributed by atoms with Crippen molar-refractivity contribution < 1.29 is 22.8 Å². The number of allylic oxidation sites excluding steroid dienone is 2. The van der Waals surface area contributed by atoms with Crippen molar-refractivity contribution in [2.45, 2.75) is 19.0 Å². The number of nitrogens with one attached hydrogen (secondary N) is 1. The Bertz CT molecular complexity index is 721. The van der Waals surface area contributed by atoms with Crippen molar-refractivity contribution >= 4 is 17.5 Å². The van der Waals surface area contributed by atoms with Crippen molar-refractivity contribution in [3.63, 3.8) is 0 Å². The first kappa shape index (κ1) is 16.3. The van der Waals surface area contributed by atoms with Gasteiger partial charge in [0.2, 0.25) is 5.91 Å². The Balaban J connectivity index is 1.84. The summed E-state index contributed by atoms with van der Waals surface area (Å²) in [5.74, 6) is -0.875. The van der Waals surface area contributed by atoms with E-state index in [2.05, 4.69) is 4.99 Å². The zero-order chi connectivity index (χ0) is 17.5. The minimum Gasteiger partial charge on any atom is -0.369 e. The molecule has 3 N–H and O–H groups in total. The quantitative estimate of drug-likeness (QED) is 0.803. The smallest absolute Gasteiger partial charge is 0.369 e. The van der Waals surface area contributed by atoms with Gasteiger partial charge in [-0.05, 0) is 24.5 Å². The Hall–Kier alpha value is -2.58. The van der Waals surface area contributed by atoms with Gasteiger partial charge in [-0.15, -0.1) is 0 Å². The average Bonchev–Trinajstić information content (AvgIpc) is 2.78. The standard InChI is InChI=1S/C15H15F3N4O2/c16-15(17,18)7-20-12(23)10-3-6-22-8-14(13(19)24)4-1-9(2-5-14)11(22)21-10/h1,3-4,6H,2,5,7-8H2,(H2,19,24)(H,20,23). The first-order valence-electron chi connectivity index (χ1n) is 7.31. The fourth-order valence-corrected chi connectivity index (χ4v) is 2.92. The number of nitrogens with zero attached hydrogens (tertiary/aromatic N) is 2. The molecule has 2 amide bonds. The van der Waals surface area contributed by atoms with Gasteiger partial charge in [0.15, 0.2) is 0 Å². The largest absolute Gasteiger partial charge is 0.405 e. The van der Waals surface area contributed by atoms with E-state index in [0.717, 1.165) is 5.57 Å². The predicted molar refractivity (Wildman–Crippen MR) is 79.4 cm³/mol. The number of fused-ring (bicyclic) bond motifs is 1. The number of hydrogen-bond donors (Lipinski definition) is 2. The lowest BCUT2D eigenvalue weighted by Crippen LogP contribution is -2.43. The maximum absolute atomic E-state index is 12.2. The van der Waals surface area contributed by atoms with Crippen molar-refractivity contribution in [3.8, 4) is 0 Å². The molecular formula is C15H15F3N4O2. The summed E-state index contributed by atoms with van der Waals surface area (Å²) < 4.78 is 36.6. The highest BCUT2D eigenvalue weighted by molar-refractivity contribution is 6.43. The Labute approximate surface area is 135 Å². The van der Waals surface area contributed by atoms with Crippen LogP contribution in [0.25, 0.3) is 0 Å². The molecule has 1 unspecified atom stereocenters. The van der Waals surface area contributed by atoms with E-state index >= 15 is 0 Å². The van der Waals surface area contributed by atoms with Crippen molar-refractivity contribution in [2.24, 2.45) is 16.1 Å². The van der Waals surface area contributed by atoms with E-state index in [9.17, 15) is 22.8 Å². The fraction of sp³-hybridized carbons (Fsp3) is 0.400. The molecule has 4 rings (SSSR count). The summed E-state index contributed by atoms with van der Waals surface area (Å²) >= 11 is 0. The van der Waals surface area contributed by atoms with Gasteiger partial charge in [0.05, 0.1) is 5.41 Å². The van der Waals surface area contributed by atoms with Crippen LogP contribution < -0.4 is 11.1 Å². The van der Waals surface area contributed by atoms with E-state index in [1.54, 1.807) is 28.6 Å². The number of rotatable bonds is 3. The highest BCUT2D eigenvalue weighted by Gasteiger charge is 2.42. The van der Waals surface area contributed by atoms with Crippen LogP contribution >= 0.6 is 0 Å². The highest BCUT2D eigenvalue weighted by Crippen LogP contribution is 2.41. The molecule has 1 atom stereocenters. The highest BCUT2D eigenvalue weighted by atomic mass is 19.4. The van der Waals surface area contributed by atoms with Gasteiger partial charge in [0.25, 0.3) is 5.91 Å². The van der Waals surface area contributed by atoms with Gasteiger partial charge >= 0.3 is 6.18 Å². The lowest BCUT2D eigenvalue weighted by atomic mass is 9.78. The summed E-state index contributed by atoms with van der Waals surface area (Å²) in [6.45, 7) is -1.13. The van der Waals surface area contributed by atoms with Gasteiger partial charge < -0.3 is 16.0 Å². The number of primary amides is 1. The van der Waals surface area contributed by atoms with Gasteiger partial charge in [-0.25, -0.2) is 4.99 Å². The van der Waals surface area contributed by atoms with E-state index < -0.39 is 30.0 Å². The Kier molecular flexibility index (Phi) is 3.73. The Morgan fingerprint density at radius 3 is 2.71 bits per heavy atom. The Morgan fingerprint density at radius 1 is 1.38 bits per heavy atom. The first-order chi connectivity index (χ1) is 11.2. The van der Waals surface area contributed by atoms with Crippen molar-refractivity contribution in [1.82, 2.24) is 10.2 Å². The molecule has 24 heavy (non-hydrogen) atoms. The predicted octanol–water partition coefficient (Wildman–Crippen LogP) is 0.982. The molecular weight excluding hydrogens is 325 g/mol. The van der Waals surface area contributed by atoms with E-state index in [-0.39, 0.29) is 12.3 Å². The van der Waals surface area contributed by atoms with Crippen LogP contribution in [0.1, 0.15) is 12.8 Å². The third-order valence-electron chi connectivity index (χ3n) is 4.27. The monoisotopic (exact) mass is 340 g/mol. The van der Waals surface area contributed by atoms with Crippen LogP contribution in [-0.2, 0) is 9.59 Å². The number of hydrogen-bond acceptors (Lipinski definition) is 4. The van der Waals surface area contributed by atoms with Crippen LogP contribution in [-0.4, -0.2) is 41.7 Å². The van der Waals surface area contributed by atoms with E-state index in [4.69, 9.17) is 5.73 Å². The summed E-state index contributed by atoms with van der Waals surface area (Å²) in [6, 6.07) is 0. The minimum atomic E-state index is -4.49. The topological polar surface area (TPSA) is 87.8 Å². The molecule has 0 aromatic heterocycles. The summed E-state index contributed by atoms with van der Waals surface area (Å²) in [4.78, 5) is 29.6. The summed E-state index contributed by atoms with van der Waals surface area (Å²) in [7, 11) is 0. The van der Waals surface area contributed by atoms with Crippen molar-refractivity contribution in [2.75, 3.05) is 13.1 Å². The fourth-order valence-electron chi connectivity index (χ4n) is 2.92. The third kappa shape index (κ3) is 2.93. The van der Waals surface area contributed by atoms with Gasteiger partial charge in [0, 0.05) is 12.7 Å². The van der Waals surface area contributed by atoms with Crippen LogP contribution in [0.15, 0.2) is 40.8 Å².